The Morgan fingerprint density at radius 2 is 1.85 bits per heavy atom. The van der Waals surface area contributed by atoms with Crippen molar-refractivity contribution in [2.75, 3.05) is 24.9 Å². The molecule has 1 amide bonds. The molecule has 0 radical (unpaired) electrons. The summed E-state index contributed by atoms with van der Waals surface area (Å²) in [6.45, 7) is 1.44. The van der Waals surface area contributed by atoms with E-state index in [1.165, 1.54) is 25.3 Å². The molecule has 4 heterocycles. The lowest BCUT2D eigenvalue weighted by atomic mass is 9.83. The Morgan fingerprint density at radius 3 is 2.56 bits per heavy atom. The van der Waals surface area contributed by atoms with E-state index in [1.807, 2.05) is 0 Å². The average molecular weight is 481 g/mol. The molecule has 1 fully saturated rings. The Morgan fingerprint density at radius 1 is 1.06 bits per heavy atom. The summed E-state index contributed by atoms with van der Waals surface area (Å²) in [6, 6.07) is 14.5. The first kappa shape index (κ1) is 22.1. The SMILES string of the molecule is COc1ccc(S(=O)(=O)Nc2ccc3n(c2=O)CC2CC3CN(C(=O)c3ccccn3)C2)cc1. The fourth-order valence-electron chi connectivity index (χ4n) is 4.80. The molecule has 2 atom stereocenters. The molecule has 2 bridgehead atoms. The number of pyridine rings is 2. The topological polar surface area (TPSA) is 111 Å². The number of nitrogens with zero attached hydrogens (tertiary/aromatic N) is 3. The third kappa shape index (κ3) is 4.05. The van der Waals surface area contributed by atoms with Crippen LogP contribution in [0.4, 0.5) is 5.69 Å². The van der Waals surface area contributed by atoms with Gasteiger partial charge in [-0.1, -0.05) is 6.07 Å². The number of hydrogen-bond donors (Lipinski definition) is 1. The van der Waals surface area contributed by atoms with Gasteiger partial charge in [-0.3, -0.25) is 19.3 Å². The van der Waals surface area contributed by atoms with Crippen LogP contribution in [0, 0.1) is 5.92 Å². The lowest BCUT2D eigenvalue weighted by molar-refractivity contribution is 0.0589. The van der Waals surface area contributed by atoms with Gasteiger partial charge >= 0.3 is 0 Å². The zero-order chi connectivity index (χ0) is 23.9. The number of ether oxygens (including phenoxy) is 1. The second-order valence-electron chi connectivity index (χ2n) is 8.59. The highest BCUT2D eigenvalue weighted by Crippen LogP contribution is 2.36. The van der Waals surface area contributed by atoms with Gasteiger partial charge in [-0.15, -0.1) is 0 Å². The summed E-state index contributed by atoms with van der Waals surface area (Å²) in [4.78, 5) is 32.1. The van der Waals surface area contributed by atoms with Crippen molar-refractivity contribution in [2.45, 2.75) is 23.8 Å². The van der Waals surface area contributed by atoms with Crippen LogP contribution in [0.15, 0.2) is 70.5 Å². The van der Waals surface area contributed by atoms with E-state index < -0.39 is 10.0 Å². The molecule has 0 spiro atoms. The van der Waals surface area contributed by atoms with E-state index in [1.54, 1.807) is 52.1 Å². The van der Waals surface area contributed by atoms with Gasteiger partial charge < -0.3 is 14.2 Å². The van der Waals surface area contributed by atoms with Gasteiger partial charge in [-0.25, -0.2) is 8.42 Å². The maximum absolute atomic E-state index is 13.2. The number of aromatic nitrogens is 2. The van der Waals surface area contributed by atoms with Crippen molar-refractivity contribution in [1.29, 1.82) is 0 Å². The molecule has 10 heteroatoms. The molecule has 2 aromatic heterocycles. The number of rotatable bonds is 5. The van der Waals surface area contributed by atoms with Crippen molar-refractivity contribution < 1.29 is 17.9 Å². The Labute approximate surface area is 197 Å². The van der Waals surface area contributed by atoms with Crippen LogP contribution in [0.1, 0.15) is 28.5 Å². The Kier molecular flexibility index (Phi) is 5.60. The van der Waals surface area contributed by atoms with Crippen LogP contribution < -0.4 is 15.0 Å². The van der Waals surface area contributed by atoms with Gasteiger partial charge in [0.15, 0.2) is 0 Å². The number of amides is 1. The number of fused-ring (bicyclic) bond motifs is 4. The van der Waals surface area contributed by atoms with Gasteiger partial charge in [-0.05, 0) is 60.9 Å². The zero-order valence-corrected chi connectivity index (χ0v) is 19.4. The smallest absolute Gasteiger partial charge is 0.275 e. The number of anilines is 1. The van der Waals surface area contributed by atoms with Gasteiger partial charge in [0.05, 0.1) is 12.0 Å². The van der Waals surface area contributed by atoms with Crippen LogP contribution in [0.5, 0.6) is 5.75 Å². The number of carbonyl (C=O) groups excluding carboxylic acids is 1. The molecule has 5 rings (SSSR count). The van der Waals surface area contributed by atoms with Crippen LogP contribution in [0.25, 0.3) is 0 Å². The average Bonchev–Trinajstić information content (AvgIpc) is 2.86. The number of nitrogens with one attached hydrogen (secondary N) is 1. The molecule has 2 unspecified atom stereocenters. The maximum atomic E-state index is 13.2. The molecule has 3 aromatic rings. The summed E-state index contributed by atoms with van der Waals surface area (Å²) < 4.78 is 34.8. The molecule has 1 aromatic carbocycles. The molecule has 1 N–H and O–H groups in total. The first-order valence-electron chi connectivity index (χ1n) is 11.0. The number of carbonyl (C=O) groups is 1. The highest BCUT2D eigenvalue weighted by Gasteiger charge is 2.37. The summed E-state index contributed by atoms with van der Waals surface area (Å²) in [5.74, 6) is 0.523. The molecule has 2 aliphatic heterocycles. The summed E-state index contributed by atoms with van der Waals surface area (Å²) in [6.07, 6.45) is 2.48. The number of benzene rings is 1. The fraction of sp³-hybridized carbons (Fsp3) is 0.292. The quantitative estimate of drug-likeness (QED) is 0.600. The lowest BCUT2D eigenvalue weighted by Gasteiger charge is -2.42. The number of piperidine rings is 1. The van der Waals surface area contributed by atoms with Gasteiger partial charge in [0.2, 0.25) is 0 Å². The van der Waals surface area contributed by atoms with Crippen LogP contribution in [-0.2, 0) is 16.6 Å². The minimum atomic E-state index is -3.94. The molecular formula is C24H24N4O5S. The zero-order valence-electron chi connectivity index (χ0n) is 18.5. The van der Waals surface area contributed by atoms with Gasteiger partial charge in [0.1, 0.15) is 17.1 Å². The van der Waals surface area contributed by atoms with Crippen LogP contribution in [0.2, 0.25) is 0 Å². The molecule has 34 heavy (non-hydrogen) atoms. The Balaban J connectivity index is 1.39. The van der Waals surface area contributed by atoms with E-state index in [2.05, 4.69) is 9.71 Å². The molecular weight excluding hydrogens is 456 g/mol. The third-order valence-electron chi connectivity index (χ3n) is 6.39. The van der Waals surface area contributed by atoms with Crippen molar-refractivity contribution in [3.05, 3.63) is 82.5 Å². The predicted molar refractivity (Wildman–Crippen MR) is 125 cm³/mol. The highest BCUT2D eigenvalue weighted by molar-refractivity contribution is 7.92. The van der Waals surface area contributed by atoms with Crippen molar-refractivity contribution in [2.24, 2.45) is 5.92 Å². The Hall–Kier alpha value is -3.66. The fourth-order valence-corrected chi connectivity index (χ4v) is 5.86. The standard InChI is InChI=1S/C24H24N4O5S/c1-33-18-5-7-19(8-6-18)34(31,32)26-21-9-10-22-17-12-16(14-28(22)24(21)30)13-27(15-17)23(29)20-4-2-3-11-25-20/h2-11,16-17,26H,12-15H2,1H3. The van der Waals surface area contributed by atoms with Crippen molar-refractivity contribution in [3.63, 3.8) is 0 Å². The summed E-state index contributed by atoms with van der Waals surface area (Å²) in [7, 11) is -2.44. The second kappa shape index (κ2) is 8.60. The minimum Gasteiger partial charge on any atom is -0.497 e. The summed E-state index contributed by atoms with van der Waals surface area (Å²) >= 11 is 0. The van der Waals surface area contributed by atoms with E-state index in [0.29, 0.717) is 31.1 Å². The summed E-state index contributed by atoms with van der Waals surface area (Å²) in [5.41, 5.74) is 0.838. The van der Waals surface area contributed by atoms with Gasteiger partial charge in [0.25, 0.3) is 21.5 Å². The van der Waals surface area contributed by atoms with E-state index in [9.17, 15) is 18.0 Å². The predicted octanol–water partition coefficient (Wildman–Crippen LogP) is 2.31. The molecule has 1 saturated heterocycles. The van der Waals surface area contributed by atoms with Crippen molar-refractivity contribution in [1.82, 2.24) is 14.5 Å². The molecule has 176 valence electrons. The molecule has 2 aliphatic rings. The molecule has 0 saturated carbocycles. The van der Waals surface area contributed by atoms with Crippen LogP contribution in [-0.4, -0.2) is 49.0 Å². The van der Waals surface area contributed by atoms with Crippen molar-refractivity contribution >= 4 is 21.6 Å². The normalized spacial score (nSPS) is 19.3. The molecule has 0 aliphatic carbocycles. The maximum Gasteiger partial charge on any atom is 0.275 e. The first-order valence-corrected chi connectivity index (χ1v) is 12.4. The van der Waals surface area contributed by atoms with E-state index >= 15 is 0 Å². The highest BCUT2D eigenvalue weighted by atomic mass is 32.2. The summed E-state index contributed by atoms with van der Waals surface area (Å²) in [5, 5.41) is 0. The number of likely N-dealkylation sites (tertiary alicyclic amines) is 1. The largest absolute Gasteiger partial charge is 0.497 e. The number of methoxy groups -OCH3 is 1. The minimum absolute atomic E-state index is 0.0000996. The first-order chi connectivity index (χ1) is 16.4. The van der Waals surface area contributed by atoms with E-state index in [0.717, 1.165) is 12.1 Å². The molecule has 9 nitrogen and oxygen atoms in total. The lowest BCUT2D eigenvalue weighted by Crippen LogP contribution is -2.49. The van der Waals surface area contributed by atoms with Crippen molar-refractivity contribution in [3.8, 4) is 5.75 Å². The van der Waals surface area contributed by atoms with Crippen LogP contribution in [0.3, 0.4) is 0 Å². The monoisotopic (exact) mass is 480 g/mol. The van der Waals surface area contributed by atoms with Crippen LogP contribution >= 0.6 is 0 Å². The Bertz CT molecular complexity index is 1390. The number of hydrogen-bond acceptors (Lipinski definition) is 6. The second-order valence-corrected chi connectivity index (χ2v) is 10.3. The van der Waals surface area contributed by atoms with Gasteiger partial charge in [-0.2, -0.15) is 0 Å². The third-order valence-corrected chi connectivity index (χ3v) is 7.77. The van der Waals surface area contributed by atoms with E-state index in [-0.39, 0.29) is 33.9 Å². The van der Waals surface area contributed by atoms with E-state index in [4.69, 9.17) is 4.74 Å². The number of sulfonamides is 1. The van der Waals surface area contributed by atoms with Gasteiger partial charge in [0, 0.05) is 37.4 Å².